The number of carbonyl (C=O) groups is 3. The third-order valence-electron chi connectivity index (χ3n) is 6.20. The molecular formula is C27H27NO8. The van der Waals surface area contributed by atoms with Crippen molar-refractivity contribution in [1.29, 1.82) is 0 Å². The molecule has 1 saturated heterocycles. The van der Waals surface area contributed by atoms with Crippen molar-refractivity contribution >= 4 is 23.5 Å². The molecule has 0 radical (unpaired) electrons. The normalized spacial score (nSPS) is 17.4. The highest BCUT2D eigenvalue weighted by Gasteiger charge is 2.43. The van der Waals surface area contributed by atoms with E-state index in [0.717, 1.165) is 0 Å². The fourth-order valence-electron chi connectivity index (χ4n) is 4.44. The van der Waals surface area contributed by atoms with Crippen molar-refractivity contribution in [2.75, 3.05) is 26.2 Å². The van der Waals surface area contributed by atoms with Gasteiger partial charge < -0.3 is 28.3 Å². The van der Waals surface area contributed by atoms with Crippen LogP contribution in [-0.4, -0.2) is 39.2 Å². The highest BCUT2D eigenvalue weighted by molar-refractivity contribution is 5.97. The minimum Gasteiger partial charge on any atom is -0.497 e. The number of carbonyl (C=O) groups excluding carboxylic acids is 3. The number of amides is 1. The van der Waals surface area contributed by atoms with Crippen LogP contribution in [0.2, 0.25) is 0 Å². The molecule has 1 aromatic heterocycles. The largest absolute Gasteiger partial charge is 0.497 e. The molecule has 0 spiro atoms. The van der Waals surface area contributed by atoms with Gasteiger partial charge in [0.2, 0.25) is 5.91 Å². The minimum absolute atomic E-state index is 0.126. The topological polar surface area (TPSA) is 105 Å². The highest BCUT2D eigenvalue weighted by Crippen LogP contribution is 2.43. The fourth-order valence-corrected chi connectivity index (χ4v) is 4.44. The van der Waals surface area contributed by atoms with Crippen molar-refractivity contribution in [2.45, 2.75) is 25.5 Å². The number of benzene rings is 2. The Hall–Kier alpha value is -4.27. The van der Waals surface area contributed by atoms with Crippen LogP contribution in [0, 0.1) is 5.92 Å². The molecule has 188 valence electrons. The first kappa shape index (κ1) is 24.8. The molecule has 3 aromatic rings. The summed E-state index contributed by atoms with van der Waals surface area (Å²) >= 11 is 0. The molecule has 2 heterocycles. The number of hydrogen-bond acceptors (Lipinski definition) is 8. The number of para-hydroxylation sites is 1. The lowest BCUT2D eigenvalue weighted by atomic mass is 9.83. The average molecular weight is 494 g/mol. The monoisotopic (exact) mass is 493 g/mol. The Labute approximate surface area is 208 Å². The van der Waals surface area contributed by atoms with Crippen LogP contribution in [0.3, 0.4) is 0 Å². The molecule has 9 heteroatoms. The Morgan fingerprint density at radius 1 is 1.00 bits per heavy atom. The molecule has 0 N–H and O–H groups in total. The van der Waals surface area contributed by atoms with Crippen molar-refractivity contribution in [2.24, 2.45) is 5.92 Å². The van der Waals surface area contributed by atoms with Gasteiger partial charge in [0, 0.05) is 17.7 Å². The van der Waals surface area contributed by atoms with E-state index in [1.54, 1.807) is 49.5 Å². The lowest BCUT2D eigenvalue weighted by Crippen LogP contribution is -2.46. The van der Waals surface area contributed by atoms with Crippen LogP contribution in [0.4, 0.5) is 5.69 Å². The maximum atomic E-state index is 13.4. The van der Waals surface area contributed by atoms with Crippen LogP contribution in [0.1, 0.15) is 40.6 Å². The van der Waals surface area contributed by atoms with E-state index < -0.39 is 23.9 Å². The number of anilines is 1. The molecule has 4 rings (SSSR count). The molecule has 2 atom stereocenters. The van der Waals surface area contributed by atoms with Gasteiger partial charge in [-0.3, -0.25) is 9.59 Å². The van der Waals surface area contributed by atoms with E-state index in [2.05, 4.69) is 0 Å². The number of nitrogens with zero attached hydrogens (tertiary/aromatic N) is 1. The van der Waals surface area contributed by atoms with E-state index in [9.17, 15) is 14.4 Å². The molecule has 1 aliphatic heterocycles. The van der Waals surface area contributed by atoms with Gasteiger partial charge in [0.1, 0.15) is 23.7 Å². The summed E-state index contributed by atoms with van der Waals surface area (Å²) in [6.45, 7) is -0.248. The van der Waals surface area contributed by atoms with Crippen LogP contribution in [0.15, 0.2) is 65.3 Å². The maximum Gasteiger partial charge on any atom is 0.341 e. The highest BCUT2D eigenvalue weighted by atomic mass is 16.5. The first-order valence-corrected chi connectivity index (χ1v) is 11.4. The van der Waals surface area contributed by atoms with Gasteiger partial charge in [0.25, 0.3) is 0 Å². The van der Waals surface area contributed by atoms with E-state index in [1.165, 1.54) is 19.4 Å². The predicted molar refractivity (Wildman–Crippen MR) is 129 cm³/mol. The number of rotatable bonds is 8. The molecule has 9 nitrogen and oxygen atoms in total. The molecule has 1 amide bonds. The van der Waals surface area contributed by atoms with E-state index in [-0.39, 0.29) is 36.7 Å². The summed E-state index contributed by atoms with van der Waals surface area (Å²) in [5, 5.41) is 0. The Bertz CT molecular complexity index is 1230. The van der Waals surface area contributed by atoms with Crippen molar-refractivity contribution in [3.8, 4) is 11.5 Å². The number of methoxy groups -OCH3 is 3. The number of furan rings is 1. The zero-order valence-corrected chi connectivity index (χ0v) is 20.3. The molecular weight excluding hydrogens is 466 g/mol. The molecule has 0 saturated carbocycles. The summed E-state index contributed by atoms with van der Waals surface area (Å²) in [7, 11) is 4.37. The molecule has 0 bridgehead atoms. The van der Waals surface area contributed by atoms with Gasteiger partial charge >= 0.3 is 11.9 Å². The molecule has 1 fully saturated rings. The third kappa shape index (κ3) is 4.91. The summed E-state index contributed by atoms with van der Waals surface area (Å²) in [5.74, 6) is -0.556. The van der Waals surface area contributed by atoms with Crippen LogP contribution < -0.4 is 14.4 Å². The third-order valence-corrected chi connectivity index (χ3v) is 6.20. The minimum atomic E-state index is -0.697. The van der Waals surface area contributed by atoms with Crippen LogP contribution >= 0.6 is 0 Å². The van der Waals surface area contributed by atoms with Gasteiger partial charge in [-0.05, 0) is 42.8 Å². The van der Waals surface area contributed by atoms with E-state index in [0.29, 0.717) is 22.7 Å². The van der Waals surface area contributed by atoms with Gasteiger partial charge in [-0.1, -0.05) is 18.2 Å². The number of piperidine rings is 1. The number of esters is 2. The Kier molecular flexibility index (Phi) is 7.58. The van der Waals surface area contributed by atoms with Gasteiger partial charge in [0.05, 0.1) is 39.6 Å². The maximum absolute atomic E-state index is 13.4. The molecule has 2 unspecified atom stereocenters. The fraction of sp³-hybridized carbons (Fsp3) is 0.296. The van der Waals surface area contributed by atoms with Gasteiger partial charge in [0.15, 0.2) is 5.76 Å². The standard InChI is InChI=1S/C27H27NO8/c1-32-18-10-8-17(9-11-18)28-24(29)13-12-21(25(28)19-6-4-5-7-22(19)33-2)27(31)36-16-23-20(14-15-35-23)26(30)34-3/h4-11,14-15,21,25H,12-13,16H2,1-3H3. The summed E-state index contributed by atoms with van der Waals surface area (Å²) in [4.78, 5) is 40.2. The summed E-state index contributed by atoms with van der Waals surface area (Å²) in [6, 6.07) is 15.1. The van der Waals surface area contributed by atoms with Gasteiger partial charge in [-0.25, -0.2) is 4.79 Å². The molecule has 0 aliphatic carbocycles. The van der Waals surface area contributed by atoms with Crippen LogP contribution in [0.5, 0.6) is 11.5 Å². The number of ether oxygens (including phenoxy) is 4. The summed E-state index contributed by atoms with van der Waals surface area (Å²) in [6.07, 6.45) is 1.78. The Morgan fingerprint density at radius 3 is 2.44 bits per heavy atom. The van der Waals surface area contributed by atoms with Crippen molar-refractivity contribution in [3.05, 3.63) is 77.7 Å². The van der Waals surface area contributed by atoms with E-state index in [1.807, 2.05) is 18.2 Å². The van der Waals surface area contributed by atoms with Crippen molar-refractivity contribution in [1.82, 2.24) is 0 Å². The quantitative estimate of drug-likeness (QED) is 0.428. The van der Waals surface area contributed by atoms with Gasteiger partial charge in [-0.2, -0.15) is 0 Å². The second-order valence-corrected chi connectivity index (χ2v) is 8.15. The van der Waals surface area contributed by atoms with Crippen LogP contribution in [0.25, 0.3) is 0 Å². The average Bonchev–Trinajstić information content (AvgIpc) is 3.40. The van der Waals surface area contributed by atoms with Crippen LogP contribution in [-0.2, 0) is 25.7 Å². The van der Waals surface area contributed by atoms with E-state index >= 15 is 0 Å². The number of hydrogen-bond donors (Lipinski definition) is 0. The lowest BCUT2D eigenvalue weighted by molar-refractivity contribution is -0.152. The molecule has 36 heavy (non-hydrogen) atoms. The summed E-state index contributed by atoms with van der Waals surface area (Å²) < 4.78 is 26.5. The van der Waals surface area contributed by atoms with E-state index in [4.69, 9.17) is 23.4 Å². The first-order chi connectivity index (χ1) is 17.5. The second kappa shape index (κ2) is 11.0. The SMILES string of the molecule is COC(=O)c1ccoc1COC(=O)C1CCC(=O)N(c2ccc(OC)cc2)C1c1ccccc1OC. The zero-order chi connectivity index (χ0) is 25.7. The zero-order valence-electron chi connectivity index (χ0n) is 20.3. The Balaban J connectivity index is 1.68. The lowest BCUT2D eigenvalue weighted by Gasteiger charge is -2.40. The predicted octanol–water partition coefficient (Wildman–Crippen LogP) is 4.31. The second-order valence-electron chi connectivity index (χ2n) is 8.15. The van der Waals surface area contributed by atoms with Gasteiger partial charge in [-0.15, -0.1) is 0 Å². The molecule has 1 aliphatic rings. The van der Waals surface area contributed by atoms with Crippen molar-refractivity contribution in [3.63, 3.8) is 0 Å². The summed E-state index contributed by atoms with van der Waals surface area (Å²) in [5.41, 5.74) is 1.48. The van der Waals surface area contributed by atoms with Crippen molar-refractivity contribution < 1.29 is 37.7 Å². The molecule has 2 aromatic carbocycles. The first-order valence-electron chi connectivity index (χ1n) is 11.4. The Morgan fingerprint density at radius 2 is 1.75 bits per heavy atom. The smallest absolute Gasteiger partial charge is 0.341 e.